The standard InChI is InChI=1S/C10H16N6/c1-3-4-5-12-10-15-8(11-2)7-9(16-10)14-6-13-7/h6H,3-5H2,1-2H3,(H3,11,12,13,14,15,16). The molecule has 0 fully saturated rings. The normalized spacial score (nSPS) is 10.6. The Morgan fingerprint density at radius 1 is 1.38 bits per heavy atom. The van der Waals surface area contributed by atoms with Crippen LogP contribution in [0.3, 0.4) is 0 Å². The second kappa shape index (κ2) is 4.78. The third-order valence-corrected chi connectivity index (χ3v) is 2.34. The van der Waals surface area contributed by atoms with Gasteiger partial charge in [-0.3, -0.25) is 0 Å². The van der Waals surface area contributed by atoms with E-state index in [9.17, 15) is 0 Å². The number of nitrogens with one attached hydrogen (secondary N) is 3. The van der Waals surface area contributed by atoms with Crippen molar-refractivity contribution in [2.24, 2.45) is 0 Å². The lowest BCUT2D eigenvalue weighted by molar-refractivity contribution is 0.827. The van der Waals surface area contributed by atoms with E-state index in [1.54, 1.807) is 6.33 Å². The Hall–Kier alpha value is -1.85. The molecular weight excluding hydrogens is 204 g/mol. The van der Waals surface area contributed by atoms with Crippen LogP contribution in [-0.2, 0) is 0 Å². The summed E-state index contributed by atoms with van der Waals surface area (Å²) in [5, 5.41) is 6.21. The van der Waals surface area contributed by atoms with Gasteiger partial charge in [-0.2, -0.15) is 9.97 Å². The van der Waals surface area contributed by atoms with Crippen molar-refractivity contribution in [2.45, 2.75) is 19.8 Å². The van der Waals surface area contributed by atoms with Gasteiger partial charge in [0, 0.05) is 13.6 Å². The van der Waals surface area contributed by atoms with Gasteiger partial charge in [0.1, 0.15) is 5.52 Å². The lowest BCUT2D eigenvalue weighted by Crippen LogP contribution is -2.07. The summed E-state index contributed by atoms with van der Waals surface area (Å²) in [4.78, 5) is 15.8. The Labute approximate surface area is 93.9 Å². The van der Waals surface area contributed by atoms with Crippen molar-refractivity contribution >= 4 is 22.9 Å². The summed E-state index contributed by atoms with van der Waals surface area (Å²) in [6.07, 6.45) is 3.88. The average Bonchev–Trinajstić information content (AvgIpc) is 2.76. The Morgan fingerprint density at radius 2 is 2.25 bits per heavy atom. The van der Waals surface area contributed by atoms with Gasteiger partial charge < -0.3 is 15.6 Å². The maximum absolute atomic E-state index is 4.36. The number of imidazole rings is 1. The third-order valence-electron chi connectivity index (χ3n) is 2.34. The van der Waals surface area contributed by atoms with Gasteiger partial charge in [-0.1, -0.05) is 13.3 Å². The van der Waals surface area contributed by atoms with Crippen molar-refractivity contribution in [2.75, 3.05) is 24.2 Å². The topological polar surface area (TPSA) is 78.5 Å². The summed E-state index contributed by atoms with van der Waals surface area (Å²) in [7, 11) is 1.83. The van der Waals surface area contributed by atoms with Crippen molar-refractivity contribution in [1.82, 2.24) is 19.9 Å². The van der Waals surface area contributed by atoms with E-state index in [1.807, 2.05) is 7.05 Å². The van der Waals surface area contributed by atoms with Crippen molar-refractivity contribution in [3.8, 4) is 0 Å². The molecule has 6 nitrogen and oxygen atoms in total. The van der Waals surface area contributed by atoms with Crippen LogP contribution in [0.4, 0.5) is 11.8 Å². The van der Waals surface area contributed by atoms with Gasteiger partial charge in [0.15, 0.2) is 11.5 Å². The molecule has 3 N–H and O–H groups in total. The van der Waals surface area contributed by atoms with E-state index in [-0.39, 0.29) is 0 Å². The molecule has 0 aromatic carbocycles. The Morgan fingerprint density at radius 3 is 3.00 bits per heavy atom. The highest BCUT2D eigenvalue weighted by atomic mass is 15.2. The fourth-order valence-corrected chi connectivity index (χ4v) is 1.47. The molecule has 0 aliphatic heterocycles. The second-order valence-electron chi connectivity index (χ2n) is 3.53. The highest BCUT2D eigenvalue weighted by Crippen LogP contribution is 2.17. The molecule has 0 bridgehead atoms. The van der Waals surface area contributed by atoms with Gasteiger partial charge in [0.25, 0.3) is 0 Å². The van der Waals surface area contributed by atoms with E-state index in [1.165, 1.54) is 0 Å². The van der Waals surface area contributed by atoms with E-state index in [4.69, 9.17) is 0 Å². The van der Waals surface area contributed by atoms with Crippen LogP contribution in [0.1, 0.15) is 19.8 Å². The number of anilines is 2. The monoisotopic (exact) mass is 220 g/mol. The van der Waals surface area contributed by atoms with Crippen LogP contribution in [0.25, 0.3) is 11.2 Å². The van der Waals surface area contributed by atoms with Crippen molar-refractivity contribution in [1.29, 1.82) is 0 Å². The van der Waals surface area contributed by atoms with E-state index in [2.05, 4.69) is 37.5 Å². The molecule has 86 valence electrons. The number of H-pyrrole nitrogens is 1. The number of hydrogen-bond donors (Lipinski definition) is 3. The second-order valence-corrected chi connectivity index (χ2v) is 3.53. The number of aromatic nitrogens is 4. The average molecular weight is 220 g/mol. The van der Waals surface area contributed by atoms with Gasteiger partial charge in [-0.25, -0.2) is 4.98 Å². The van der Waals surface area contributed by atoms with Crippen LogP contribution in [-0.4, -0.2) is 33.5 Å². The van der Waals surface area contributed by atoms with E-state index in [0.29, 0.717) is 11.6 Å². The predicted molar refractivity (Wildman–Crippen MR) is 64.6 cm³/mol. The van der Waals surface area contributed by atoms with Crippen molar-refractivity contribution in [3.05, 3.63) is 6.33 Å². The number of unbranched alkanes of at least 4 members (excludes halogenated alkanes) is 1. The first-order valence-electron chi connectivity index (χ1n) is 5.48. The first kappa shape index (κ1) is 10.7. The van der Waals surface area contributed by atoms with Crippen LogP contribution in [0.5, 0.6) is 0 Å². The van der Waals surface area contributed by atoms with Crippen LogP contribution in [0, 0.1) is 0 Å². The fraction of sp³-hybridized carbons (Fsp3) is 0.500. The van der Waals surface area contributed by atoms with E-state index in [0.717, 1.165) is 30.7 Å². The molecule has 2 rings (SSSR count). The molecule has 2 aromatic heterocycles. The minimum atomic E-state index is 0.623. The molecule has 0 saturated carbocycles. The maximum Gasteiger partial charge on any atom is 0.226 e. The molecule has 6 heteroatoms. The summed E-state index contributed by atoms with van der Waals surface area (Å²) in [6.45, 7) is 3.04. The molecule has 0 atom stereocenters. The van der Waals surface area contributed by atoms with Gasteiger partial charge in [0.2, 0.25) is 5.95 Å². The first-order chi connectivity index (χ1) is 7.85. The molecular formula is C10H16N6. The number of rotatable bonds is 5. The van der Waals surface area contributed by atoms with Gasteiger partial charge in [-0.05, 0) is 6.42 Å². The zero-order valence-corrected chi connectivity index (χ0v) is 9.54. The van der Waals surface area contributed by atoms with Crippen molar-refractivity contribution in [3.63, 3.8) is 0 Å². The molecule has 0 radical (unpaired) electrons. The molecule has 16 heavy (non-hydrogen) atoms. The van der Waals surface area contributed by atoms with Crippen LogP contribution in [0.15, 0.2) is 6.33 Å². The van der Waals surface area contributed by atoms with E-state index >= 15 is 0 Å². The minimum Gasteiger partial charge on any atom is -0.371 e. The SMILES string of the molecule is CCCCNc1nc(NC)c2[nH]cnc2n1. The molecule has 0 spiro atoms. The number of aromatic amines is 1. The maximum atomic E-state index is 4.36. The number of nitrogens with zero attached hydrogens (tertiary/aromatic N) is 3. The smallest absolute Gasteiger partial charge is 0.226 e. The quantitative estimate of drug-likeness (QED) is 0.667. The summed E-state index contributed by atoms with van der Waals surface area (Å²) in [5.41, 5.74) is 1.52. The first-order valence-corrected chi connectivity index (χ1v) is 5.48. The third kappa shape index (κ3) is 2.05. The molecule has 0 aliphatic carbocycles. The summed E-state index contributed by atoms with van der Waals surface area (Å²) < 4.78 is 0. The van der Waals surface area contributed by atoms with Gasteiger partial charge >= 0.3 is 0 Å². The van der Waals surface area contributed by atoms with Gasteiger partial charge in [-0.15, -0.1) is 0 Å². The molecule has 2 heterocycles. The number of hydrogen-bond acceptors (Lipinski definition) is 5. The van der Waals surface area contributed by atoms with Crippen LogP contribution >= 0.6 is 0 Å². The highest BCUT2D eigenvalue weighted by molar-refractivity contribution is 5.83. The molecule has 0 unspecified atom stereocenters. The Kier molecular flexibility index (Phi) is 3.19. The number of fused-ring (bicyclic) bond motifs is 1. The molecule has 0 amide bonds. The van der Waals surface area contributed by atoms with Crippen LogP contribution in [0.2, 0.25) is 0 Å². The summed E-state index contributed by atoms with van der Waals surface area (Å²) >= 11 is 0. The highest BCUT2D eigenvalue weighted by Gasteiger charge is 2.07. The Balaban J connectivity index is 2.25. The lowest BCUT2D eigenvalue weighted by Gasteiger charge is -2.06. The van der Waals surface area contributed by atoms with E-state index < -0.39 is 0 Å². The summed E-state index contributed by atoms with van der Waals surface area (Å²) in [5.74, 6) is 1.39. The Bertz CT molecular complexity index is 463. The predicted octanol–water partition coefficient (Wildman–Crippen LogP) is 1.61. The largest absolute Gasteiger partial charge is 0.371 e. The zero-order valence-electron chi connectivity index (χ0n) is 9.54. The summed E-state index contributed by atoms with van der Waals surface area (Å²) in [6, 6.07) is 0. The molecule has 0 aliphatic rings. The van der Waals surface area contributed by atoms with Gasteiger partial charge in [0.05, 0.1) is 6.33 Å². The van der Waals surface area contributed by atoms with Crippen molar-refractivity contribution < 1.29 is 0 Å². The zero-order chi connectivity index (χ0) is 11.4. The molecule has 0 saturated heterocycles. The molecule has 2 aromatic rings. The minimum absolute atomic E-state index is 0.623. The fourth-order valence-electron chi connectivity index (χ4n) is 1.47. The van der Waals surface area contributed by atoms with Crippen LogP contribution < -0.4 is 10.6 Å². The lowest BCUT2D eigenvalue weighted by atomic mass is 10.3.